The third kappa shape index (κ3) is 8.78. The molecule has 0 spiro atoms. The zero-order valence-electron chi connectivity index (χ0n) is 12.7. The van der Waals surface area contributed by atoms with Crippen molar-refractivity contribution in [3.63, 3.8) is 0 Å². The van der Waals surface area contributed by atoms with Crippen molar-refractivity contribution in [2.45, 2.75) is 25.7 Å². The van der Waals surface area contributed by atoms with Crippen LogP contribution in [0.25, 0.3) is 0 Å². The second-order valence-corrected chi connectivity index (χ2v) is 12.7. The Morgan fingerprint density at radius 1 is 0.727 bits per heavy atom. The van der Waals surface area contributed by atoms with Gasteiger partial charge < -0.3 is 0 Å². The Balaban J connectivity index is 4.84. The minimum atomic E-state index is -2.76. The molecule has 6 nitrogen and oxygen atoms in total. The van der Waals surface area contributed by atoms with E-state index in [0.717, 1.165) is 0 Å². The average Bonchev–Trinajstić information content (AvgIpc) is 2.53. The Hall–Kier alpha value is -1.42. The number of rotatable bonds is 11. The molecule has 0 heterocycles. The second kappa shape index (κ2) is 11.2. The molecule has 0 fully saturated rings. The maximum atomic E-state index is 12.8. The van der Waals surface area contributed by atoms with Gasteiger partial charge in [-0.1, -0.05) is 0 Å². The van der Waals surface area contributed by atoms with E-state index in [-0.39, 0.29) is 38.0 Å². The molecular formula is C14H22N4O2P2. The summed E-state index contributed by atoms with van der Waals surface area (Å²) in [5, 5.41) is 34.7. The molecule has 22 heavy (non-hydrogen) atoms. The van der Waals surface area contributed by atoms with Crippen LogP contribution in [0.2, 0.25) is 0 Å². The molecule has 0 aromatic rings. The van der Waals surface area contributed by atoms with E-state index in [0.29, 0.717) is 24.6 Å². The molecule has 120 valence electrons. The molecule has 0 aromatic carbocycles. The van der Waals surface area contributed by atoms with E-state index in [9.17, 15) is 9.46 Å². The summed E-state index contributed by atoms with van der Waals surface area (Å²) in [6.45, 7) is 0. The molecule has 0 radical (unpaired) electrons. The van der Waals surface area contributed by atoms with Gasteiger partial charge in [0.15, 0.2) is 0 Å². The molecule has 0 aromatic heterocycles. The summed E-state index contributed by atoms with van der Waals surface area (Å²) in [4.78, 5) is 10.7. The van der Waals surface area contributed by atoms with Crippen molar-refractivity contribution in [1.82, 2.24) is 0 Å². The van der Waals surface area contributed by atoms with E-state index >= 15 is 0 Å². The number of nitriles is 4. The van der Waals surface area contributed by atoms with Crippen LogP contribution in [0.1, 0.15) is 25.7 Å². The summed E-state index contributed by atoms with van der Waals surface area (Å²) < 4.78 is 12.8. The van der Waals surface area contributed by atoms with Crippen LogP contribution in [0, 0.1) is 45.3 Å². The number of hydrogen-bond acceptors (Lipinski definition) is 6. The fraction of sp³-hybridized carbons (Fsp3) is 0.714. The second-order valence-electron chi connectivity index (χ2n) is 5.34. The molecule has 0 unspecified atom stereocenters. The van der Waals surface area contributed by atoms with Crippen LogP contribution < -0.4 is 0 Å². The predicted molar refractivity (Wildman–Crippen MR) is 88.3 cm³/mol. The van der Waals surface area contributed by atoms with E-state index < -0.39 is 14.6 Å². The molecule has 0 saturated carbocycles. The van der Waals surface area contributed by atoms with Gasteiger partial charge in [-0.25, -0.2) is 0 Å². The molecule has 0 bridgehead atoms. The third-order valence-corrected chi connectivity index (χ3v) is 10.7. The van der Waals surface area contributed by atoms with E-state index in [1.807, 2.05) is 24.3 Å². The van der Waals surface area contributed by atoms with Crippen LogP contribution in [0.4, 0.5) is 0 Å². The Kier molecular flexibility index (Phi) is 10.5. The van der Waals surface area contributed by atoms with Crippen LogP contribution in [-0.4, -0.2) is 41.9 Å². The van der Waals surface area contributed by atoms with Gasteiger partial charge in [-0.3, -0.25) is 0 Å². The van der Waals surface area contributed by atoms with E-state index in [4.69, 9.17) is 21.0 Å². The predicted octanol–water partition coefficient (Wildman–Crippen LogP) is 2.66. The monoisotopic (exact) mass is 340 g/mol. The van der Waals surface area contributed by atoms with Gasteiger partial charge in [0, 0.05) is 0 Å². The molecular weight excluding hydrogens is 318 g/mol. The first kappa shape index (κ1) is 20.6. The Labute approximate surface area is 132 Å². The first-order chi connectivity index (χ1) is 10.4. The molecule has 0 rings (SSSR count). The summed E-state index contributed by atoms with van der Waals surface area (Å²) in [5.41, 5.74) is 0. The maximum absolute atomic E-state index is 12.8. The number of hydrogen-bond donors (Lipinski definition) is 1. The quantitative estimate of drug-likeness (QED) is 0.575. The van der Waals surface area contributed by atoms with E-state index in [2.05, 4.69) is 0 Å². The van der Waals surface area contributed by atoms with Crippen molar-refractivity contribution in [1.29, 1.82) is 21.0 Å². The normalized spacial score (nSPS) is 11.7. The summed E-state index contributed by atoms with van der Waals surface area (Å²) in [6.07, 6.45) is 2.78. The summed E-state index contributed by atoms with van der Waals surface area (Å²) in [5.74, 6) is 0. The van der Waals surface area contributed by atoms with Crippen molar-refractivity contribution < 1.29 is 9.46 Å². The van der Waals surface area contributed by atoms with Gasteiger partial charge in [0.1, 0.15) is 0 Å². The summed E-state index contributed by atoms with van der Waals surface area (Å²) in [7, 11) is -5.41. The molecule has 0 aliphatic carbocycles. The topological polar surface area (TPSA) is 132 Å². The van der Waals surface area contributed by atoms with Gasteiger partial charge >= 0.3 is 132 Å². The SMILES string of the molecule is N#CCCP(=O)(CCC#N)CC[PH](O)(CCC#N)CCC#N. The van der Waals surface area contributed by atoms with Gasteiger partial charge in [-0.2, -0.15) is 0 Å². The van der Waals surface area contributed by atoms with Crippen LogP contribution in [0.15, 0.2) is 0 Å². The fourth-order valence-electron chi connectivity index (χ4n) is 2.21. The fourth-order valence-corrected chi connectivity index (χ4v) is 9.09. The molecule has 1 N–H and O–H groups in total. The third-order valence-electron chi connectivity index (χ3n) is 3.65. The molecule has 0 saturated heterocycles. The minimum absolute atomic E-state index is 0.180. The first-order valence-electron chi connectivity index (χ1n) is 7.22. The van der Waals surface area contributed by atoms with Crippen LogP contribution in [-0.2, 0) is 4.57 Å². The van der Waals surface area contributed by atoms with Crippen molar-refractivity contribution in [2.75, 3.05) is 37.0 Å². The average molecular weight is 340 g/mol. The molecule has 0 aliphatic heterocycles. The van der Waals surface area contributed by atoms with Crippen LogP contribution >= 0.6 is 14.6 Å². The molecule has 8 heteroatoms. The number of nitrogens with zero attached hydrogens (tertiary/aromatic N) is 4. The van der Waals surface area contributed by atoms with Crippen molar-refractivity contribution in [2.24, 2.45) is 0 Å². The van der Waals surface area contributed by atoms with Gasteiger partial charge in [0.2, 0.25) is 0 Å². The van der Waals surface area contributed by atoms with Gasteiger partial charge in [-0.05, 0) is 0 Å². The van der Waals surface area contributed by atoms with Gasteiger partial charge in [0.05, 0.1) is 0 Å². The Morgan fingerprint density at radius 2 is 1.14 bits per heavy atom. The van der Waals surface area contributed by atoms with Gasteiger partial charge in [0.25, 0.3) is 0 Å². The zero-order valence-corrected chi connectivity index (χ0v) is 14.6. The van der Waals surface area contributed by atoms with E-state index in [1.54, 1.807) is 0 Å². The molecule has 0 atom stereocenters. The van der Waals surface area contributed by atoms with Crippen LogP contribution in [0.3, 0.4) is 0 Å². The Morgan fingerprint density at radius 3 is 1.50 bits per heavy atom. The van der Waals surface area contributed by atoms with Crippen molar-refractivity contribution >= 4 is 14.6 Å². The zero-order chi connectivity index (χ0) is 16.9. The van der Waals surface area contributed by atoms with Crippen molar-refractivity contribution in [3.8, 4) is 24.3 Å². The first-order valence-corrected chi connectivity index (χ1v) is 12.1. The summed E-state index contributed by atoms with van der Waals surface area (Å²) >= 11 is 0. The van der Waals surface area contributed by atoms with Gasteiger partial charge in [-0.15, -0.1) is 0 Å². The summed E-state index contributed by atoms with van der Waals surface area (Å²) in [6, 6.07) is 7.95. The molecule has 0 aliphatic rings. The Bertz CT molecular complexity index is 511. The van der Waals surface area contributed by atoms with Crippen LogP contribution in [0.5, 0.6) is 0 Å². The standard InChI is InChI=1S/C14H22N4O2P2/c15-5-1-9-21(19,10-2-6-16)13-14-22(20,11-3-7-17)12-4-8-18/h19,21H,1-4,9-14H2. The molecule has 0 amide bonds. The van der Waals surface area contributed by atoms with E-state index in [1.165, 1.54) is 0 Å². The van der Waals surface area contributed by atoms with Crippen molar-refractivity contribution in [3.05, 3.63) is 0 Å².